The summed E-state index contributed by atoms with van der Waals surface area (Å²) in [5.41, 5.74) is 2.57. The molecule has 0 aromatic heterocycles. The van der Waals surface area contributed by atoms with Crippen LogP contribution in [-0.2, 0) is 13.1 Å². The molecule has 38 heavy (non-hydrogen) atoms. The maximum absolute atomic E-state index is 5.91. The van der Waals surface area contributed by atoms with Crippen molar-refractivity contribution < 1.29 is 0 Å². The first-order valence-corrected chi connectivity index (χ1v) is 13.8. The highest BCUT2D eigenvalue weighted by Gasteiger charge is 1.96. The fourth-order valence-electron chi connectivity index (χ4n) is 3.80. The molecule has 0 aliphatic rings. The average Bonchev–Trinajstić information content (AvgIpc) is 2.85. The second-order valence-electron chi connectivity index (χ2n) is 8.93. The summed E-state index contributed by atoms with van der Waals surface area (Å²) in [6.07, 6.45) is 10.3. The maximum atomic E-state index is 5.91. The molecule has 0 radical (unpaired) electrons. The number of rotatable bonds is 21. The lowest BCUT2D eigenvalue weighted by molar-refractivity contribution is 0.534. The zero-order valence-corrected chi connectivity index (χ0v) is 27.1. The predicted molar refractivity (Wildman–Crippen MR) is 178 cm³/mol. The lowest BCUT2D eigenvalue weighted by Gasteiger charge is -2.08. The standard InChI is InChI=1S/C28H44Cl2N4.4ClH/c29-27-13-9-25(10-14-27)23-33-21-7-19-31-17-5-3-1-2-4-6-18-32-20-8-22-34-24-26-11-15-28(30)16-12-26;;;;/h9-16,31-34H,1-8,17-24H2;4*1H. The van der Waals surface area contributed by atoms with Gasteiger partial charge in [0, 0.05) is 23.1 Å². The van der Waals surface area contributed by atoms with E-state index in [2.05, 4.69) is 45.5 Å². The summed E-state index contributed by atoms with van der Waals surface area (Å²) < 4.78 is 0. The molecule has 0 heterocycles. The Hall–Kier alpha value is 0.0200. The Balaban J connectivity index is -0.00000306. The molecule has 222 valence electrons. The van der Waals surface area contributed by atoms with Crippen LogP contribution in [0.15, 0.2) is 48.5 Å². The van der Waals surface area contributed by atoms with Crippen LogP contribution in [-0.4, -0.2) is 39.3 Å². The van der Waals surface area contributed by atoms with Crippen molar-refractivity contribution in [1.82, 2.24) is 21.3 Å². The molecular weight excluding hydrogens is 605 g/mol. The summed E-state index contributed by atoms with van der Waals surface area (Å²) in [5.74, 6) is 0. The van der Waals surface area contributed by atoms with Crippen LogP contribution in [0.2, 0.25) is 10.0 Å². The van der Waals surface area contributed by atoms with Crippen molar-refractivity contribution in [3.8, 4) is 0 Å². The molecule has 2 aromatic carbocycles. The minimum absolute atomic E-state index is 0. The SMILES string of the molecule is Cl.Cl.Cl.Cl.Clc1ccc(CNCCCNCCCCCCCCNCCCNCc2ccc(Cl)cc2)cc1. The van der Waals surface area contributed by atoms with Crippen LogP contribution >= 0.6 is 72.8 Å². The van der Waals surface area contributed by atoms with Crippen LogP contribution in [0.25, 0.3) is 0 Å². The van der Waals surface area contributed by atoms with E-state index in [0.29, 0.717) is 0 Å². The molecule has 0 unspecified atom stereocenters. The number of halogens is 6. The van der Waals surface area contributed by atoms with Crippen molar-refractivity contribution >= 4 is 72.8 Å². The summed E-state index contributed by atoms with van der Waals surface area (Å²) in [5, 5.41) is 15.7. The van der Waals surface area contributed by atoms with Crippen molar-refractivity contribution in [2.24, 2.45) is 0 Å². The van der Waals surface area contributed by atoms with E-state index in [1.807, 2.05) is 24.3 Å². The molecule has 10 heteroatoms. The Morgan fingerprint density at radius 3 is 1.03 bits per heavy atom. The topological polar surface area (TPSA) is 48.1 Å². The number of unbranched alkanes of at least 4 members (excludes halogenated alkanes) is 5. The van der Waals surface area contributed by atoms with Crippen LogP contribution in [0.3, 0.4) is 0 Å². The molecule has 0 bridgehead atoms. The van der Waals surface area contributed by atoms with Gasteiger partial charge in [0.15, 0.2) is 0 Å². The van der Waals surface area contributed by atoms with Gasteiger partial charge in [-0.15, -0.1) is 49.6 Å². The third-order valence-electron chi connectivity index (χ3n) is 5.86. The van der Waals surface area contributed by atoms with Crippen LogP contribution in [0.4, 0.5) is 0 Å². The van der Waals surface area contributed by atoms with Crippen LogP contribution in [0.5, 0.6) is 0 Å². The smallest absolute Gasteiger partial charge is 0.0406 e. The van der Waals surface area contributed by atoms with Gasteiger partial charge in [0.05, 0.1) is 0 Å². The van der Waals surface area contributed by atoms with E-state index >= 15 is 0 Å². The lowest BCUT2D eigenvalue weighted by atomic mass is 10.1. The van der Waals surface area contributed by atoms with Gasteiger partial charge >= 0.3 is 0 Å². The Kier molecular flexibility index (Phi) is 33.5. The largest absolute Gasteiger partial charge is 0.317 e. The highest BCUT2D eigenvalue weighted by atomic mass is 35.5. The van der Waals surface area contributed by atoms with Gasteiger partial charge in [-0.3, -0.25) is 0 Å². The summed E-state index contributed by atoms with van der Waals surface area (Å²) in [7, 11) is 0. The highest BCUT2D eigenvalue weighted by Crippen LogP contribution is 2.10. The van der Waals surface area contributed by atoms with Crippen molar-refractivity contribution in [2.45, 2.75) is 64.5 Å². The van der Waals surface area contributed by atoms with Crippen molar-refractivity contribution in [3.63, 3.8) is 0 Å². The summed E-state index contributed by atoms with van der Waals surface area (Å²) in [6.45, 7) is 8.39. The molecule has 0 aliphatic carbocycles. The fraction of sp³-hybridized carbons (Fsp3) is 0.571. The maximum Gasteiger partial charge on any atom is 0.0406 e. The van der Waals surface area contributed by atoms with Crippen LogP contribution in [0, 0.1) is 0 Å². The second-order valence-corrected chi connectivity index (χ2v) is 9.81. The van der Waals surface area contributed by atoms with Crippen molar-refractivity contribution in [1.29, 1.82) is 0 Å². The highest BCUT2D eigenvalue weighted by molar-refractivity contribution is 6.30. The summed E-state index contributed by atoms with van der Waals surface area (Å²) >= 11 is 11.8. The zero-order chi connectivity index (χ0) is 24.1. The molecule has 0 atom stereocenters. The first-order valence-electron chi connectivity index (χ1n) is 13.1. The first-order chi connectivity index (χ1) is 16.7. The van der Waals surface area contributed by atoms with Crippen molar-refractivity contribution in [3.05, 3.63) is 69.7 Å². The van der Waals surface area contributed by atoms with Crippen molar-refractivity contribution in [2.75, 3.05) is 39.3 Å². The van der Waals surface area contributed by atoms with Crippen LogP contribution in [0.1, 0.15) is 62.5 Å². The summed E-state index contributed by atoms with van der Waals surface area (Å²) in [6, 6.07) is 16.1. The lowest BCUT2D eigenvalue weighted by Crippen LogP contribution is -2.22. The Bertz CT molecular complexity index is 672. The Morgan fingerprint density at radius 1 is 0.368 bits per heavy atom. The number of hydrogen-bond acceptors (Lipinski definition) is 4. The molecule has 0 amide bonds. The molecule has 2 aromatic rings. The Labute approximate surface area is 266 Å². The first kappa shape index (κ1) is 42.5. The molecule has 4 N–H and O–H groups in total. The molecule has 2 rings (SSSR count). The third kappa shape index (κ3) is 23.9. The molecule has 0 saturated heterocycles. The van der Waals surface area contributed by atoms with E-state index < -0.39 is 0 Å². The van der Waals surface area contributed by atoms with E-state index in [0.717, 1.165) is 62.4 Å². The van der Waals surface area contributed by atoms with Gasteiger partial charge in [-0.1, -0.05) is 73.2 Å². The quantitative estimate of drug-likeness (QED) is 0.104. The van der Waals surface area contributed by atoms with E-state index in [4.69, 9.17) is 23.2 Å². The third-order valence-corrected chi connectivity index (χ3v) is 6.36. The molecule has 0 spiro atoms. The molecular formula is C28H48Cl6N4. The summed E-state index contributed by atoms with van der Waals surface area (Å²) in [4.78, 5) is 0. The van der Waals surface area contributed by atoms with Gasteiger partial charge in [0.1, 0.15) is 0 Å². The normalized spacial score (nSPS) is 10.1. The molecule has 4 nitrogen and oxygen atoms in total. The van der Waals surface area contributed by atoms with E-state index in [-0.39, 0.29) is 49.6 Å². The van der Waals surface area contributed by atoms with Gasteiger partial charge in [-0.2, -0.15) is 0 Å². The number of hydrogen-bond donors (Lipinski definition) is 4. The number of benzene rings is 2. The zero-order valence-electron chi connectivity index (χ0n) is 22.3. The molecule has 0 aliphatic heterocycles. The fourth-order valence-corrected chi connectivity index (χ4v) is 4.06. The minimum atomic E-state index is 0. The minimum Gasteiger partial charge on any atom is -0.317 e. The van der Waals surface area contributed by atoms with E-state index in [9.17, 15) is 0 Å². The van der Waals surface area contributed by atoms with Gasteiger partial charge in [0.25, 0.3) is 0 Å². The molecule has 0 fully saturated rings. The number of nitrogens with one attached hydrogen (secondary N) is 4. The second kappa shape index (κ2) is 30.0. The van der Waals surface area contributed by atoms with E-state index in [1.165, 1.54) is 62.5 Å². The van der Waals surface area contributed by atoms with Gasteiger partial charge < -0.3 is 21.3 Å². The predicted octanol–water partition coefficient (Wildman–Crippen LogP) is 7.86. The van der Waals surface area contributed by atoms with Crippen LogP contribution < -0.4 is 21.3 Å². The van der Waals surface area contributed by atoms with Gasteiger partial charge in [-0.05, 0) is 100 Å². The van der Waals surface area contributed by atoms with Gasteiger partial charge in [0.2, 0.25) is 0 Å². The molecule has 0 saturated carbocycles. The Morgan fingerprint density at radius 2 is 0.658 bits per heavy atom. The van der Waals surface area contributed by atoms with Gasteiger partial charge in [-0.25, -0.2) is 0 Å². The van der Waals surface area contributed by atoms with E-state index in [1.54, 1.807) is 0 Å². The monoisotopic (exact) mass is 650 g/mol. The average molecular weight is 653 g/mol.